The van der Waals surface area contributed by atoms with Crippen LogP contribution in [-0.4, -0.2) is 47.0 Å². The largest absolute Gasteiger partial charge is 0.240 e. The lowest BCUT2D eigenvalue weighted by Gasteiger charge is -2.30. The molecular weight excluding hydrogens is 336 g/mol. The standard InChI is InChI=1S/C15H24N2O4S2/c1-3-13-4-6-15(7-5-13)23(20,21)16-12-14-8-10-17(11-9-14)22(2,18)19/h4-7,14,16H,3,8-12H2,1-2H3. The molecule has 0 aromatic heterocycles. The third-order valence-electron chi connectivity index (χ3n) is 4.25. The van der Waals surface area contributed by atoms with E-state index >= 15 is 0 Å². The number of benzene rings is 1. The minimum Gasteiger partial charge on any atom is -0.213 e. The predicted molar refractivity (Wildman–Crippen MR) is 90.1 cm³/mol. The van der Waals surface area contributed by atoms with Crippen molar-refractivity contribution in [1.82, 2.24) is 9.03 Å². The Hall–Kier alpha value is -0.960. The maximum atomic E-state index is 12.3. The Morgan fingerprint density at radius 2 is 1.65 bits per heavy atom. The molecule has 0 spiro atoms. The summed E-state index contributed by atoms with van der Waals surface area (Å²) in [7, 11) is -6.66. The van der Waals surface area contributed by atoms with Crippen LogP contribution in [0.15, 0.2) is 29.2 Å². The van der Waals surface area contributed by atoms with Crippen LogP contribution in [0.1, 0.15) is 25.3 Å². The van der Waals surface area contributed by atoms with Crippen molar-refractivity contribution in [2.75, 3.05) is 25.9 Å². The summed E-state index contributed by atoms with van der Waals surface area (Å²) >= 11 is 0. The van der Waals surface area contributed by atoms with E-state index in [9.17, 15) is 16.8 Å². The topological polar surface area (TPSA) is 83.6 Å². The van der Waals surface area contributed by atoms with Crippen LogP contribution in [0.5, 0.6) is 0 Å². The Kier molecular flexibility index (Phi) is 5.83. The van der Waals surface area contributed by atoms with E-state index in [0.717, 1.165) is 12.0 Å². The fraction of sp³-hybridized carbons (Fsp3) is 0.600. The zero-order chi connectivity index (χ0) is 17.1. The van der Waals surface area contributed by atoms with Crippen molar-refractivity contribution in [3.63, 3.8) is 0 Å². The second-order valence-corrected chi connectivity index (χ2v) is 9.70. The van der Waals surface area contributed by atoms with Crippen molar-refractivity contribution >= 4 is 20.0 Å². The highest BCUT2D eigenvalue weighted by atomic mass is 32.2. The molecule has 0 saturated carbocycles. The Morgan fingerprint density at radius 1 is 1.09 bits per heavy atom. The third-order valence-corrected chi connectivity index (χ3v) is 6.99. The van der Waals surface area contributed by atoms with Gasteiger partial charge in [-0.3, -0.25) is 0 Å². The summed E-state index contributed by atoms with van der Waals surface area (Å²) in [4.78, 5) is 0.267. The lowest BCUT2D eigenvalue weighted by atomic mass is 9.99. The molecule has 0 amide bonds. The summed E-state index contributed by atoms with van der Waals surface area (Å²) in [5, 5.41) is 0. The van der Waals surface area contributed by atoms with Crippen molar-refractivity contribution in [1.29, 1.82) is 0 Å². The van der Waals surface area contributed by atoms with Gasteiger partial charge >= 0.3 is 0 Å². The van der Waals surface area contributed by atoms with Gasteiger partial charge in [0.1, 0.15) is 0 Å². The first-order valence-electron chi connectivity index (χ1n) is 7.76. The van der Waals surface area contributed by atoms with Crippen molar-refractivity contribution in [3.8, 4) is 0 Å². The van der Waals surface area contributed by atoms with Gasteiger partial charge in [-0.05, 0) is 42.9 Å². The Morgan fingerprint density at radius 3 is 2.13 bits per heavy atom. The number of nitrogens with one attached hydrogen (secondary N) is 1. The molecule has 23 heavy (non-hydrogen) atoms. The van der Waals surface area contributed by atoms with Gasteiger partial charge in [0.05, 0.1) is 11.2 Å². The molecule has 0 unspecified atom stereocenters. The van der Waals surface area contributed by atoms with Crippen LogP contribution in [-0.2, 0) is 26.5 Å². The summed E-state index contributed by atoms with van der Waals surface area (Å²) in [6.45, 7) is 3.27. The molecule has 1 saturated heterocycles. The van der Waals surface area contributed by atoms with Gasteiger partial charge in [-0.2, -0.15) is 0 Å². The molecule has 1 aromatic rings. The maximum absolute atomic E-state index is 12.3. The zero-order valence-electron chi connectivity index (χ0n) is 13.5. The molecule has 1 N–H and O–H groups in total. The van der Waals surface area contributed by atoms with Gasteiger partial charge in [0.25, 0.3) is 0 Å². The lowest BCUT2D eigenvalue weighted by molar-refractivity contribution is 0.275. The monoisotopic (exact) mass is 360 g/mol. The van der Waals surface area contributed by atoms with Crippen LogP contribution < -0.4 is 4.72 Å². The molecule has 1 fully saturated rings. The number of rotatable bonds is 6. The van der Waals surface area contributed by atoms with Crippen LogP contribution in [0.2, 0.25) is 0 Å². The molecule has 2 rings (SSSR count). The first-order valence-corrected chi connectivity index (χ1v) is 11.1. The normalized spacial score (nSPS) is 18.2. The molecule has 1 heterocycles. The number of hydrogen-bond acceptors (Lipinski definition) is 4. The highest BCUT2D eigenvalue weighted by Gasteiger charge is 2.26. The average molecular weight is 361 g/mol. The molecule has 6 nitrogen and oxygen atoms in total. The molecule has 1 aromatic carbocycles. The second-order valence-electron chi connectivity index (χ2n) is 5.95. The second kappa shape index (κ2) is 7.29. The highest BCUT2D eigenvalue weighted by Crippen LogP contribution is 2.19. The smallest absolute Gasteiger partial charge is 0.213 e. The molecule has 1 aliphatic heterocycles. The summed E-state index contributed by atoms with van der Waals surface area (Å²) < 4.78 is 51.6. The minimum atomic E-state index is -3.51. The van der Waals surface area contributed by atoms with E-state index in [1.165, 1.54) is 10.6 Å². The first kappa shape index (κ1) is 18.4. The van der Waals surface area contributed by atoms with Gasteiger partial charge < -0.3 is 0 Å². The number of piperidine rings is 1. The van der Waals surface area contributed by atoms with Gasteiger partial charge in [-0.15, -0.1) is 0 Å². The van der Waals surface area contributed by atoms with Crippen LogP contribution in [0, 0.1) is 5.92 Å². The third kappa shape index (κ3) is 5.00. The van der Waals surface area contributed by atoms with E-state index in [1.807, 2.05) is 19.1 Å². The van der Waals surface area contributed by atoms with Crippen molar-refractivity contribution in [2.45, 2.75) is 31.1 Å². The fourth-order valence-electron chi connectivity index (χ4n) is 2.66. The Labute approximate surface area is 139 Å². The van der Waals surface area contributed by atoms with Gasteiger partial charge in [-0.25, -0.2) is 25.9 Å². The van der Waals surface area contributed by atoms with E-state index < -0.39 is 20.0 Å². The number of hydrogen-bond donors (Lipinski definition) is 1. The molecule has 0 radical (unpaired) electrons. The molecule has 0 bridgehead atoms. The summed E-state index contributed by atoms with van der Waals surface area (Å²) in [6.07, 6.45) is 3.41. The predicted octanol–water partition coefficient (Wildman–Crippen LogP) is 1.20. The zero-order valence-corrected chi connectivity index (χ0v) is 15.2. The van der Waals surface area contributed by atoms with E-state index in [4.69, 9.17) is 0 Å². The number of sulfonamides is 2. The number of aryl methyl sites for hydroxylation is 1. The maximum Gasteiger partial charge on any atom is 0.240 e. The lowest BCUT2D eigenvalue weighted by Crippen LogP contribution is -2.41. The highest BCUT2D eigenvalue weighted by molar-refractivity contribution is 7.89. The SMILES string of the molecule is CCc1ccc(S(=O)(=O)NCC2CCN(S(C)(=O)=O)CC2)cc1. The summed E-state index contributed by atoms with van der Waals surface area (Å²) in [5.74, 6) is 0.165. The van der Waals surface area contributed by atoms with Gasteiger partial charge in [-0.1, -0.05) is 19.1 Å². The van der Waals surface area contributed by atoms with Crippen LogP contribution in [0.4, 0.5) is 0 Å². The van der Waals surface area contributed by atoms with Crippen molar-refractivity contribution < 1.29 is 16.8 Å². The average Bonchev–Trinajstić information content (AvgIpc) is 2.53. The molecule has 130 valence electrons. The Balaban J connectivity index is 1.90. The quantitative estimate of drug-likeness (QED) is 0.826. The fourth-order valence-corrected chi connectivity index (χ4v) is 4.65. The van der Waals surface area contributed by atoms with Crippen LogP contribution in [0.25, 0.3) is 0 Å². The van der Waals surface area contributed by atoms with Gasteiger partial charge in [0.15, 0.2) is 0 Å². The first-order chi connectivity index (χ1) is 10.7. The minimum absolute atomic E-state index is 0.165. The van der Waals surface area contributed by atoms with Gasteiger partial charge in [0, 0.05) is 19.6 Å². The Bertz CT molecular complexity index is 719. The van der Waals surface area contributed by atoms with E-state index in [-0.39, 0.29) is 10.8 Å². The molecule has 0 aliphatic carbocycles. The van der Waals surface area contributed by atoms with E-state index in [1.54, 1.807) is 12.1 Å². The van der Waals surface area contributed by atoms with Crippen LogP contribution >= 0.6 is 0 Å². The summed E-state index contributed by atoms with van der Waals surface area (Å²) in [6, 6.07) is 6.87. The molecule has 1 aliphatic rings. The molecular formula is C15H24N2O4S2. The van der Waals surface area contributed by atoms with Crippen LogP contribution in [0.3, 0.4) is 0 Å². The molecule has 8 heteroatoms. The van der Waals surface area contributed by atoms with Crippen molar-refractivity contribution in [3.05, 3.63) is 29.8 Å². The van der Waals surface area contributed by atoms with E-state index in [2.05, 4.69) is 4.72 Å². The van der Waals surface area contributed by atoms with Gasteiger partial charge in [0.2, 0.25) is 20.0 Å². The summed E-state index contributed by atoms with van der Waals surface area (Å²) in [5.41, 5.74) is 1.09. The van der Waals surface area contributed by atoms with E-state index in [0.29, 0.717) is 32.5 Å². The molecule has 0 atom stereocenters. The van der Waals surface area contributed by atoms with Crippen molar-refractivity contribution in [2.24, 2.45) is 5.92 Å². The number of nitrogens with zero attached hydrogens (tertiary/aromatic N) is 1.